The van der Waals surface area contributed by atoms with E-state index in [1.165, 1.54) is 0 Å². The molecule has 3 aromatic rings. The molecule has 0 bridgehead atoms. The van der Waals surface area contributed by atoms with Crippen molar-refractivity contribution in [2.75, 3.05) is 0 Å². The predicted octanol–water partition coefficient (Wildman–Crippen LogP) is 14.7. The van der Waals surface area contributed by atoms with Gasteiger partial charge in [0.1, 0.15) is 29.8 Å². The lowest BCUT2D eigenvalue weighted by atomic mass is 9.70. The molecule has 1 heterocycles. The third kappa shape index (κ3) is 14.5. The van der Waals surface area contributed by atoms with Crippen LogP contribution in [0, 0.1) is 52.3 Å². The molecule has 9 rings (SSSR count). The Labute approximate surface area is 450 Å². The molecule has 0 saturated heterocycles. The van der Waals surface area contributed by atoms with Crippen LogP contribution in [0.25, 0.3) is 21.2 Å². The van der Waals surface area contributed by atoms with Gasteiger partial charge in [0.25, 0.3) is 0 Å². The van der Waals surface area contributed by atoms with Gasteiger partial charge >= 0.3 is 29.8 Å². The van der Waals surface area contributed by atoms with E-state index in [0.717, 1.165) is 106 Å². The van der Waals surface area contributed by atoms with Crippen LogP contribution in [0.1, 0.15) is 196 Å². The molecule has 6 fully saturated rings. The highest BCUT2D eigenvalue weighted by Crippen LogP contribution is 2.45. The highest BCUT2D eigenvalue weighted by atomic mass is 32.1. The van der Waals surface area contributed by atoms with Crippen molar-refractivity contribution in [1.82, 2.24) is 0 Å². The number of benzene rings is 2. The second-order valence-electron chi connectivity index (χ2n) is 25.7. The minimum absolute atomic E-state index is 0.00488. The fraction of sp³-hybridized carbons (Fsp3) is 0.698. The molecule has 12 heteroatoms. The average Bonchev–Trinajstić information content (AvgIpc) is 3.84. The third-order valence-corrected chi connectivity index (χ3v) is 19.6. The van der Waals surface area contributed by atoms with Gasteiger partial charge < -0.3 is 28.4 Å². The molecule has 0 amide bonds. The van der Waals surface area contributed by atoms with Crippen LogP contribution in [0.2, 0.25) is 0 Å². The number of carbonyl (C=O) groups is 5. The number of esters is 5. The molecule has 0 aliphatic heterocycles. The van der Waals surface area contributed by atoms with Crippen LogP contribution in [0.3, 0.4) is 0 Å². The molecule has 0 radical (unpaired) electrons. The molecule has 6 saturated carbocycles. The van der Waals surface area contributed by atoms with Crippen molar-refractivity contribution in [2.24, 2.45) is 52.3 Å². The standard InChI is InChI=1S/C63H86O11S/c1-62(2,3)45-21-15-41(16-22-45)58(65)71-49-29-27-48(28-30-49)69-47-25-19-43(20-26-47)61(68)74-55-36-35-52(37-54(55)56-53-10-8-7-9-44(53)38-75-56)73-60(67)40-13-11-39(12-14-40)57(64)70-50-31-33-51(34-32-50)72-59(66)42-17-23-46(24-18-42)63(4,5)6/h7-10,35-43,45-51H,11-34H2,1-6H3. The summed E-state index contributed by atoms with van der Waals surface area (Å²) in [4.78, 5) is 68.0. The zero-order chi connectivity index (χ0) is 52.9. The van der Waals surface area contributed by atoms with Crippen LogP contribution < -0.4 is 9.47 Å². The topological polar surface area (TPSA) is 141 Å². The number of fused-ring (bicyclic) bond motifs is 1. The lowest BCUT2D eigenvalue weighted by molar-refractivity contribution is -0.165. The van der Waals surface area contributed by atoms with Crippen molar-refractivity contribution < 1.29 is 52.4 Å². The van der Waals surface area contributed by atoms with Crippen molar-refractivity contribution in [2.45, 2.75) is 226 Å². The smallest absolute Gasteiger partial charge is 0.314 e. The van der Waals surface area contributed by atoms with Crippen LogP contribution in [-0.2, 0) is 42.9 Å². The summed E-state index contributed by atoms with van der Waals surface area (Å²) in [6.45, 7) is 13.8. The summed E-state index contributed by atoms with van der Waals surface area (Å²) in [5.41, 5.74) is 1.25. The fourth-order valence-corrected chi connectivity index (χ4v) is 14.5. The molecule has 6 aliphatic carbocycles. The molecule has 0 spiro atoms. The van der Waals surface area contributed by atoms with Crippen LogP contribution in [0.15, 0.2) is 47.8 Å². The van der Waals surface area contributed by atoms with E-state index in [1.807, 2.05) is 18.2 Å². The van der Waals surface area contributed by atoms with Crippen molar-refractivity contribution in [3.05, 3.63) is 47.8 Å². The maximum atomic E-state index is 13.9. The first-order valence-corrected chi connectivity index (χ1v) is 30.1. The monoisotopic (exact) mass is 1050 g/mol. The first-order valence-electron chi connectivity index (χ1n) is 29.2. The van der Waals surface area contributed by atoms with Gasteiger partial charge in [0, 0.05) is 15.8 Å². The Kier molecular flexibility index (Phi) is 18.2. The van der Waals surface area contributed by atoms with E-state index in [4.69, 9.17) is 28.4 Å². The first kappa shape index (κ1) is 55.5. The van der Waals surface area contributed by atoms with E-state index < -0.39 is 0 Å². The van der Waals surface area contributed by atoms with Gasteiger partial charge in [0.15, 0.2) is 0 Å². The van der Waals surface area contributed by atoms with Gasteiger partial charge in [-0.15, -0.1) is 11.3 Å². The Morgan fingerprint density at radius 3 is 1.25 bits per heavy atom. The predicted molar refractivity (Wildman–Crippen MR) is 291 cm³/mol. The SMILES string of the molecule is CC(C)(C)C1CCC(C(=O)OC2CCC(OC(=O)C3CCC(C(=O)Oc4ccc(OC(=O)C5CCC(OC6CCC(OC(=O)C7CCC(C(C)(C)C)CC7)CC6)CC5)c(-c5scc6ccccc56)c4)CC3)CC2)CC1. The van der Waals surface area contributed by atoms with E-state index in [1.54, 1.807) is 23.5 Å². The van der Waals surface area contributed by atoms with Gasteiger partial charge in [-0.05, 0) is 206 Å². The average molecular weight is 1050 g/mol. The Morgan fingerprint density at radius 2 is 0.800 bits per heavy atom. The van der Waals surface area contributed by atoms with Crippen molar-refractivity contribution >= 4 is 52.0 Å². The third-order valence-electron chi connectivity index (χ3n) is 18.6. The van der Waals surface area contributed by atoms with E-state index >= 15 is 0 Å². The first-order chi connectivity index (χ1) is 35.9. The van der Waals surface area contributed by atoms with Gasteiger partial charge in [-0.3, -0.25) is 24.0 Å². The maximum absolute atomic E-state index is 13.9. The maximum Gasteiger partial charge on any atom is 0.314 e. The molecular weight excluding hydrogens is 965 g/mol. The summed E-state index contributed by atoms with van der Waals surface area (Å²) in [6.07, 6.45) is 19.2. The molecule has 11 nitrogen and oxygen atoms in total. The number of thiophene rings is 1. The Bertz CT molecular complexity index is 2410. The quantitative estimate of drug-likeness (QED) is 0.0917. The lowest BCUT2D eigenvalue weighted by Crippen LogP contribution is -2.35. The molecule has 1 aromatic heterocycles. The van der Waals surface area contributed by atoms with Gasteiger partial charge in [0.2, 0.25) is 0 Å². The summed E-state index contributed by atoms with van der Waals surface area (Å²) in [6, 6.07) is 13.4. The molecule has 0 N–H and O–H groups in total. The number of hydrogen-bond donors (Lipinski definition) is 0. The summed E-state index contributed by atoms with van der Waals surface area (Å²) < 4.78 is 36.9. The van der Waals surface area contributed by atoms with Crippen LogP contribution in [0.5, 0.6) is 11.5 Å². The van der Waals surface area contributed by atoms with E-state index in [0.29, 0.717) is 93.1 Å². The van der Waals surface area contributed by atoms with Crippen molar-refractivity contribution in [1.29, 1.82) is 0 Å². The summed E-state index contributed by atoms with van der Waals surface area (Å²) in [7, 11) is 0. The van der Waals surface area contributed by atoms with Gasteiger partial charge in [-0.2, -0.15) is 0 Å². The van der Waals surface area contributed by atoms with E-state index in [2.05, 4.69) is 59.1 Å². The molecular formula is C63H86O11S. The van der Waals surface area contributed by atoms with Crippen LogP contribution in [0.4, 0.5) is 0 Å². The summed E-state index contributed by atoms with van der Waals surface area (Å²) in [5.74, 6) is 0.443. The van der Waals surface area contributed by atoms with Crippen molar-refractivity contribution in [3.63, 3.8) is 0 Å². The van der Waals surface area contributed by atoms with E-state index in [9.17, 15) is 24.0 Å². The summed E-state index contributed by atoms with van der Waals surface area (Å²) >= 11 is 1.56. The number of rotatable bonds is 13. The highest BCUT2D eigenvalue weighted by Gasteiger charge is 2.39. The number of carbonyl (C=O) groups excluding carboxylic acids is 5. The Balaban J connectivity index is 0.709. The zero-order valence-electron chi connectivity index (χ0n) is 45.9. The molecule has 6 aliphatic rings. The molecule has 410 valence electrons. The van der Waals surface area contributed by atoms with Gasteiger partial charge in [-0.25, -0.2) is 0 Å². The van der Waals surface area contributed by atoms with Crippen molar-refractivity contribution in [3.8, 4) is 21.9 Å². The second-order valence-corrected chi connectivity index (χ2v) is 26.6. The van der Waals surface area contributed by atoms with Crippen LogP contribution >= 0.6 is 11.3 Å². The molecule has 0 atom stereocenters. The number of ether oxygens (including phenoxy) is 6. The minimum atomic E-state index is -0.349. The molecule has 0 unspecified atom stereocenters. The minimum Gasteiger partial charge on any atom is -0.462 e. The fourth-order valence-electron chi connectivity index (χ4n) is 13.4. The van der Waals surface area contributed by atoms with E-state index in [-0.39, 0.29) is 101 Å². The Morgan fingerprint density at radius 1 is 0.427 bits per heavy atom. The summed E-state index contributed by atoms with van der Waals surface area (Å²) in [5, 5.41) is 4.18. The molecule has 2 aromatic carbocycles. The Hall–Kier alpha value is -4.29. The zero-order valence-corrected chi connectivity index (χ0v) is 46.7. The second kappa shape index (κ2) is 24.6. The number of hydrogen-bond acceptors (Lipinski definition) is 12. The van der Waals surface area contributed by atoms with Crippen LogP contribution in [-0.4, -0.2) is 60.4 Å². The molecule has 75 heavy (non-hydrogen) atoms. The van der Waals surface area contributed by atoms with Gasteiger partial charge in [-0.1, -0.05) is 65.8 Å². The van der Waals surface area contributed by atoms with Gasteiger partial charge in [0.05, 0.1) is 41.8 Å². The lowest BCUT2D eigenvalue weighted by Gasteiger charge is -2.37. The normalized spacial score (nSPS) is 30.9. The highest BCUT2D eigenvalue weighted by molar-refractivity contribution is 7.15. The largest absolute Gasteiger partial charge is 0.462 e.